The molecule has 0 aliphatic carbocycles. The van der Waals surface area contributed by atoms with Crippen molar-refractivity contribution in [3.05, 3.63) is 0 Å². The number of halogens is 2. The summed E-state index contributed by atoms with van der Waals surface area (Å²) >= 11 is 0. The fraction of sp³-hybridized carbons (Fsp3) is 0.750. The molecule has 2 rings (SSSR count). The molecule has 0 radical (unpaired) electrons. The third-order valence-corrected chi connectivity index (χ3v) is 2.99. The van der Waals surface area contributed by atoms with Gasteiger partial charge in [0.2, 0.25) is 17.8 Å². The van der Waals surface area contributed by atoms with Crippen molar-refractivity contribution in [2.75, 3.05) is 61.6 Å². The summed E-state index contributed by atoms with van der Waals surface area (Å²) in [6.07, 6.45) is -2.44. The van der Waals surface area contributed by atoms with Crippen LogP contribution < -0.4 is 15.1 Å². The molecule has 118 valence electrons. The first kappa shape index (κ1) is 15.6. The fourth-order valence-electron chi connectivity index (χ4n) is 1.96. The van der Waals surface area contributed by atoms with Crippen molar-refractivity contribution in [2.24, 2.45) is 0 Å². The predicted octanol–water partition coefficient (Wildman–Crippen LogP) is 0.841. The molecular weight excluding hydrogens is 282 g/mol. The van der Waals surface area contributed by atoms with Gasteiger partial charge in [0, 0.05) is 26.7 Å². The van der Waals surface area contributed by atoms with Crippen LogP contribution in [0.1, 0.15) is 6.92 Å². The number of nitrogens with one attached hydrogen (secondary N) is 1. The summed E-state index contributed by atoms with van der Waals surface area (Å²) in [5.74, 6) is 1.12. The number of ether oxygens (including phenoxy) is 1. The van der Waals surface area contributed by atoms with Gasteiger partial charge in [-0.1, -0.05) is 0 Å². The maximum atomic E-state index is 12.5. The highest BCUT2D eigenvalue weighted by molar-refractivity contribution is 5.45. The largest absolute Gasteiger partial charge is 0.378 e. The highest BCUT2D eigenvalue weighted by Crippen LogP contribution is 2.17. The van der Waals surface area contributed by atoms with Crippen LogP contribution in [-0.4, -0.2) is 67.8 Å². The second kappa shape index (κ2) is 7.30. The Morgan fingerprint density at radius 1 is 1.29 bits per heavy atom. The number of morpholine rings is 1. The van der Waals surface area contributed by atoms with Crippen LogP contribution in [0.5, 0.6) is 0 Å². The lowest BCUT2D eigenvalue weighted by Crippen LogP contribution is -2.38. The molecule has 1 aliphatic rings. The van der Waals surface area contributed by atoms with Gasteiger partial charge in [-0.25, -0.2) is 8.78 Å². The van der Waals surface area contributed by atoms with E-state index in [2.05, 4.69) is 20.3 Å². The zero-order valence-corrected chi connectivity index (χ0v) is 12.2. The highest BCUT2D eigenvalue weighted by Gasteiger charge is 2.19. The van der Waals surface area contributed by atoms with Gasteiger partial charge in [-0.2, -0.15) is 15.0 Å². The van der Waals surface area contributed by atoms with Gasteiger partial charge in [-0.15, -0.1) is 0 Å². The molecule has 0 aromatic carbocycles. The topological polar surface area (TPSA) is 66.4 Å². The molecule has 1 N–H and O–H groups in total. The summed E-state index contributed by atoms with van der Waals surface area (Å²) in [6, 6.07) is 0. The highest BCUT2D eigenvalue weighted by atomic mass is 19.3. The van der Waals surface area contributed by atoms with Crippen LogP contribution in [0.3, 0.4) is 0 Å². The van der Waals surface area contributed by atoms with Crippen molar-refractivity contribution in [1.29, 1.82) is 0 Å². The number of hydrogen-bond donors (Lipinski definition) is 1. The Morgan fingerprint density at radius 3 is 2.62 bits per heavy atom. The van der Waals surface area contributed by atoms with Gasteiger partial charge in [0.1, 0.15) is 0 Å². The maximum absolute atomic E-state index is 12.5. The van der Waals surface area contributed by atoms with Crippen molar-refractivity contribution in [3.63, 3.8) is 0 Å². The van der Waals surface area contributed by atoms with E-state index in [1.807, 2.05) is 11.8 Å². The van der Waals surface area contributed by atoms with E-state index in [0.717, 1.165) is 0 Å². The number of alkyl halides is 2. The fourth-order valence-corrected chi connectivity index (χ4v) is 1.96. The summed E-state index contributed by atoms with van der Waals surface area (Å²) in [7, 11) is 1.54. The lowest BCUT2D eigenvalue weighted by Gasteiger charge is -2.28. The molecule has 1 aromatic heterocycles. The molecule has 2 heterocycles. The van der Waals surface area contributed by atoms with E-state index in [4.69, 9.17) is 4.74 Å². The van der Waals surface area contributed by atoms with E-state index in [0.29, 0.717) is 44.7 Å². The van der Waals surface area contributed by atoms with Crippen LogP contribution in [-0.2, 0) is 4.74 Å². The molecule has 1 saturated heterocycles. The van der Waals surface area contributed by atoms with Crippen LogP contribution in [0.4, 0.5) is 26.6 Å². The molecule has 0 spiro atoms. The van der Waals surface area contributed by atoms with E-state index in [-0.39, 0.29) is 5.95 Å². The molecule has 0 amide bonds. The third kappa shape index (κ3) is 4.35. The first-order valence-corrected chi connectivity index (χ1v) is 6.92. The molecule has 1 fully saturated rings. The summed E-state index contributed by atoms with van der Waals surface area (Å²) < 4.78 is 30.3. The van der Waals surface area contributed by atoms with Gasteiger partial charge < -0.3 is 19.9 Å². The molecule has 21 heavy (non-hydrogen) atoms. The first-order valence-electron chi connectivity index (χ1n) is 6.92. The number of nitrogens with zero attached hydrogens (tertiary/aromatic N) is 5. The van der Waals surface area contributed by atoms with E-state index in [1.54, 1.807) is 7.05 Å². The van der Waals surface area contributed by atoms with Gasteiger partial charge in [0.15, 0.2) is 0 Å². The average Bonchev–Trinajstić information content (AvgIpc) is 2.47. The number of anilines is 3. The molecule has 0 atom stereocenters. The van der Waals surface area contributed by atoms with Crippen molar-refractivity contribution in [1.82, 2.24) is 15.0 Å². The summed E-state index contributed by atoms with van der Waals surface area (Å²) in [4.78, 5) is 16.1. The summed E-state index contributed by atoms with van der Waals surface area (Å²) in [5.41, 5.74) is 0. The standard InChI is InChI=1S/C12H20F2N6O/c1-3-15-10-16-11(19(2)8-9(13)14)18-12(17-10)20-4-6-21-7-5-20/h9H,3-8H2,1-2H3,(H,15,16,17,18). The quantitative estimate of drug-likeness (QED) is 0.835. The molecule has 7 nitrogen and oxygen atoms in total. The molecule has 1 aromatic rings. The van der Waals surface area contributed by atoms with Crippen LogP contribution in [0.25, 0.3) is 0 Å². The van der Waals surface area contributed by atoms with Crippen molar-refractivity contribution >= 4 is 17.8 Å². The lowest BCUT2D eigenvalue weighted by molar-refractivity contribution is 0.122. The number of rotatable bonds is 6. The lowest BCUT2D eigenvalue weighted by atomic mass is 10.4. The zero-order chi connectivity index (χ0) is 15.2. The van der Waals surface area contributed by atoms with Gasteiger partial charge in [0.25, 0.3) is 6.43 Å². The first-order chi connectivity index (χ1) is 10.1. The third-order valence-electron chi connectivity index (χ3n) is 2.99. The minimum Gasteiger partial charge on any atom is -0.378 e. The van der Waals surface area contributed by atoms with Crippen LogP contribution >= 0.6 is 0 Å². The average molecular weight is 302 g/mol. The predicted molar refractivity (Wildman–Crippen MR) is 76.3 cm³/mol. The zero-order valence-electron chi connectivity index (χ0n) is 12.2. The van der Waals surface area contributed by atoms with Crippen LogP contribution in [0.15, 0.2) is 0 Å². The minimum atomic E-state index is -2.44. The molecule has 0 saturated carbocycles. The molecule has 0 unspecified atom stereocenters. The van der Waals surface area contributed by atoms with Crippen molar-refractivity contribution in [2.45, 2.75) is 13.3 Å². The Bertz CT molecular complexity index is 455. The Morgan fingerprint density at radius 2 is 2.00 bits per heavy atom. The Hall–Kier alpha value is -1.77. The van der Waals surface area contributed by atoms with Gasteiger partial charge in [0.05, 0.1) is 19.8 Å². The Kier molecular flexibility index (Phi) is 5.43. The SMILES string of the molecule is CCNc1nc(N(C)CC(F)F)nc(N2CCOCC2)n1. The molecular formula is C12H20F2N6O. The number of aromatic nitrogens is 3. The maximum Gasteiger partial charge on any atom is 0.255 e. The van der Waals surface area contributed by atoms with E-state index in [9.17, 15) is 8.78 Å². The normalized spacial score (nSPS) is 15.4. The number of hydrogen-bond acceptors (Lipinski definition) is 7. The molecule has 9 heteroatoms. The summed E-state index contributed by atoms with van der Waals surface area (Å²) in [5, 5.41) is 3.00. The van der Waals surface area contributed by atoms with E-state index in [1.165, 1.54) is 4.90 Å². The Balaban J connectivity index is 2.24. The van der Waals surface area contributed by atoms with Crippen LogP contribution in [0.2, 0.25) is 0 Å². The van der Waals surface area contributed by atoms with Crippen molar-refractivity contribution in [3.8, 4) is 0 Å². The Labute approximate surface area is 122 Å². The summed E-state index contributed by atoms with van der Waals surface area (Å²) in [6.45, 7) is 4.69. The molecule has 0 bridgehead atoms. The monoisotopic (exact) mass is 302 g/mol. The van der Waals surface area contributed by atoms with E-state index >= 15 is 0 Å². The van der Waals surface area contributed by atoms with Crippen LogP contribution in [0, 0.1) is 0 Å². The van der Waals surface area contributed by atoms with E-state index < -0.39 is 13.0 Å². The second-order valence-electron chi connectivity index (χ2n) is 4.66. The molecule has 1 aliphatic heterocycles. The second-order valence-corrected chi connectivity index (χ2v) is 4.66. The van der Waals surface area contributed by atoms with Gasteiger partial charge in [-0.05, 0) is 6.92 Å². The minimum absolute atomic E-state index is 0.239. The van der Waals surface area contributed by atoms with Gasteiger partial charge >= 0.3 is 0 Å². The van der Waals surface area contributed by atoms with Gasteiger partial charge in [-0.3, -0.25) is 0 Å². The smallest absolute Gasteiger partial charge is 0.255 e. The van der Waals surface area contributed by atoms with Crippen molar-refractivity contribution < 1.29 is 13.5 Å².